The van der Waals surface area contributed by atoms with Crippen LogP contribution in [0.15, 0.2) is 24.5 Å². The smallest absolute Gasteiger partial charge is 0.224 e. The molecule has 2 aromatic rings. The molecule has 1 aliphatic rings. The molecule has 1 aliphatic heterocycles. The molecule has 1 saturated heterocycles. The number of hydrogen-bond donors (Lipinski definition) is 1. The Balaban J connectivity index is 1.48. The van der Waals surface area contributed by atoms with Crippen molar-refractivity contribution in [3.63, 3.8) is 0 Å². The molecule has 0 aliphatic carbocycles. The molecule has 6 nitrogen and oxygen atoms in total. The Morgan fingerprint density at radius 1 is 1.14 bits per heavy atom. The fourth-order valence-corrected chi connectivity index (χ4v) is 2.60. The highest BCUT2D eigenvalue weighted by atomic mass is 15.3. The van der Waals surface area contributed by atoms with Gasteiger partial charge in [-0.2, -0.15) is 4.98 Å². The monoisotopic (exact) mass is 286 g/mol. The number of likely N-dealkylation sites (N-methyl/N-ethyl adjacent to an activating group) is 1. The van der Waals surface area contributed by atoms with Gasteiger partial charge in [0.25, 0.3) is 0 Å². The number of anilines is 1. The first kappa shape index (κ1) is 14.2. The van der Waals surface area contributed by atoms with Crippen molar-refractivity contribution >= 4 is 17.0 Å². The van der Waals surface area contributed by atoms with Gasteiger partial charge in [-0.25, -0.2) is 9.97 Å². The van der Waals surface area contributed by atoms with Crippen LogP contribution in [-0.4, -0.2) is 70.6 Å². The van der Waals surface area contributed by atoms with E-state index >= 15 is 0 Å². The number of aromatic nitrogens is 3. The summed E-state index contributed by atoms with van der Waals surface area (Å²) in [6.45, 7) is 9.92. The Morgan fingerprint density at radius 3 is 2.76 bits per heavy atom. The van der Waals surface area contributed by atoms with Crippen molar-refractivity contribution in [1.82, 2.24) is 24.8 Å². The first-order valence-electron chi connectivity index (χ1n) is 7.61. The Kier molecular flexibility index (Phi) is 4.57. The lowest BCUT2D eigenvalue weighted by atomic mass is 10.3. The predicted molar refractivity (Wildman–Crippen MR) is 84.4 cm³/mol. The predicted octanol–water partition coefficient (Wildman–Crippen LogP) is 1.07. The van der Waals surface area contributed by atoms with Gasteiger partial charge in [-0.1, -0.05) is 6.92 Å². The number of nitrogens with one attached hydrogen (secondary N) is 1. The lowest BCUT2D eigenvalue weighted by molar-refractivity contribution is 0.141. The van der Waals surface area contributed by atoms with E-state index in [0.717, 1.165) is 43.8 Å². The second kappa shape index (κ2) is 6.78. The first-order valence-corrected chi connectivity index (χ1v) is 7.61. The normalized spacial score (nSPS) is 17.2. The van der Waals surface area contributed by atoms with Crippen LogP contribution in [-0.2, 0) is 0 Å². The zero-order chi connectivity index (χ0) is 14.5. The Bertz CT molecular complexity index is 579. The van der Waals surface area contributed by atoms with Gasteiger partial charge < -0.3 is 10.2 Å². The highest BCUT2D eigenvalue weighted by Gasteiger charge is 2.14. The summed E-state index contributed by atoms with van der Waals surface area (Å²) in [5, 5.41) is 4.26. The molecule has 0 aromatic carbocycles. The summed E-state index contributed by atoms with van der Waals surface area (Å²) in [5.74, 6) is 0.661. The fraction of sp³-hybridized carbons (Fsp3) is 0.533. The maximum atomic E-state index is 4.42. The van der Waals surface area contributed by atoms with Crippen LogP contribution in [0.5, 0.6) is 0 Å². The van der Waals surface area contributed by atoms with E-state index in [0.29, 0.717) is 5.95 Å². The van der Waals surface area contributed by atoms with Crippen molar-refractivity contribution in [2.24, 2.45) is 0 Å². The van der Waals surface area contributed by atoms with E-state index in [-0.39, 0.29) is 0 Å². The van der Waals surface area contributed by atoms with Crippen LogP contribution in [0.2, 0.25) is 0 Å². The maximum absolute atomic E-state index is 4.42. The third-order valence-corrected chi connectivity index (χ3v) is 3.98. The summed E-state index contributed by atoms with van der Waals surface area (Å²) in [6, 6.07) is 3.87. The van der Waals surface area contributed by atoms with Gasteiger partial charge in [0.2, 0.25) is 5.95 Å². The van der Waals surface area contributed by atoms with Crippen molar-refractivity contribution in [3.05, 3.63) is 24.5 Å². The van der Waals surface area contributed by atoms with Gasteiger partial charge in [0.05, 0.1) is 0 Å². The van der Waals surface area contributed by atoms with Crippen molar-refractivity contribution in [1.29, 1.82) is 0 Å². The zero-order valence-corrected chi connectivity index (χ0v) is 12.5. The van der Waals surface area contributed by atoms with Crippen LogP contribution in [0.1, 0.15) is 6.92 Å². The third-order valence-electron chi connectivity index (χ3n) is 3.98. The maximum Gasteiger partial charge on any atom is 0.224 e. The molecule has 1 fully saturated rings. The van der Waals surface area contributed by atoms with E-state index in [1.165, 1.54) is 13.1 Å². The summed E-state index contributed by atoms with van der Waals surface area (Å²) in [7, 11) is 0. The third kappa shape index (κ3) is 3.65. The Morgan fingerprint density at radius 2 is 1.95 bits per heavy atom. The second-order valence-electron chi connectivity index (χ2n) is 5.31. The molecule has 3 heterocycles. The fourth-order valence-electron chi connectivity index (χ4n) is 2.60. The number of hydrogen-bond acceptors (Lipinski definition) is 6. The van der Waals surface area contributed by atoms with Gasteiger partial charge in [0.1, 0.15) is 0 Å². The topological polar surface area (TPSA) is 57.2 Å². The molecule has 0 amide bonds. The molecule has 2 aromatic heterocycles. The standard InChI is InChI=1S/C15H22N6/c1-2-20-8-10-21(11-9-20)7-6-17-15-18-12-13-4-3-5-16-14(13)19-15/h3-5,12H,2,6-11H2,1H3,(H,16,17,18,19). The number of piperazine rings is 1. The number of nitrogens with zero attached hydrogens (tertiary/aromatic N) is 5. The van der Waals surface area contributed by atoms with Crippen molar-refractivity contribution < 1.29 is 0 Å². The zero-order valence-electron chi connectivity index (χ0n) is 12.5. The van der Waals surface area contributed by atoms with Crippen LogP contribution in [0, 0.1) is 0 Å². The summed E-state index contributed by atoms with van der Waals surface area (Å²) in [5.41, 5.74) is 0.742. The molecule has 1 N–H and O–H groups in total. The molecule has 0 spiro atoms. The Hall–Kier alpha value is -1.79. The summed E-state index contributed by atoms with van der Waals surface area (Å²) in [6.07, 6.45) is 3.57. The van der Waals surface area contributed by atoms with Gasteiger partial charge in [0.15, 0.2) is 5.65 Å². The van der Waals surface area contributed by atoms with E-state index in [1.54, 1.807) is 6.20 Å². The van der Waals surface area contributed by atoms with Crippen molar-refractivity contribution in [2.75, 3.05) is 51.1 Å². The SMILES string of the molecule is CCN1CCN(CCNc2ncc3cccnc3n2)CC1. The lowest BCUT2D eigenvalue weighted by Gasteiger charge is -2.33. The van der Waals surface area contributed by atoms with Crippen molar-refractivity contribution in [2.45, 2.75) is 6.92 Å². The largest absolute Gasteiger partial charge is 0.353 e. The molecular weight excluding hydrogens is 264 g/mol. The molecule has 0 bridgehead atoms. The average Bonchev–Trinajstić information content (AvgIpc) is 2.55. The molecule has 0 atom stereocenters. The minimum absolute atomic E-state index is 0.661. The van der Waals surface area contributed by atoms with Gasteiger partial charge in [0, 0.05) is 57.0 Å². The van der Waals surface area contributed by atoms with Gasteiger partial charge >= 0.3 is 0 Å². The molecule has 112 valence electrons. The minimum Gasteiger partial charge on any atom is -0.353 e. The molecule has 0 saturated carbocycles. The summed E-state index contributed by atoms with van der Waals surface area (Å²) < 4.78 is 0. The molecule has 3 rings (SSSR count). The van der Waals surface area contributed by atoms with Crippen LogP contribution in [0.3, 0.4) is 0 Å². The van der Waals surface area contributed by atoms with Gasteiger partial charge in [-0.3, -0.25) is 4.90 Å². The average molecular weight is 286 g/mol. The van der Waals surface area contributed by atoms with Crippen LogP contribution in [0.25, 0.3) is 11.0 Å². The Labute approximate surface area is 125 Å². The minimum atomic E-state index is 0.661. The van der Waals surface area contributed by atoms with E-state index in [4.69, 9.17) is 0 Å². The number of pyridine rings is 1. The van der Waals surface area contributed by atoms with E-state index in [9.17, 15) is 0 Å². The second-order valence-corrected chi connectivity index (χ2v) is 5.31. The van der Waals surface area contributed by atoms with Gasteiger partial charge in [-0.05, 0) is 18.7 Å². The first-order chi connectivity index (χ1) is 10.3. The summed E-state index contributed by atoms with van der Waals surface area (Å²) >= 11 is 0. The van der Waals surface area contributed by atoms with E-state index in [2.05, 4.69) is 37.0 Å². The van der Waals surface area contributed by atoms with E-state index in [1.807, 2.05) is 18.3 Å². The molecular formula is C15H22N6. The van der Waals surface area contributed by atoms with Crippen molar-refractivity contribution in [3.8, 4) is 0 Å². The quantitative estimate of drug-likeness (QED) is 0.887. The van der Waals surface area contributed by atoms with Crippen LogP contribution in [0.4, 0.5) is 5.95 Å². The highest BCUT2D eigenvalue weighted by molar-refractivity contribution is 5.74. The van der Waals surface area contributed by atoms with E-state index < -0.39 is 0 Å². The lowest BCUT2D eigenvalue weighted by Crippen LogP contribution is -2.47. The van der Waals surface area contributed by atoms with Crippen LogP contribution < -0.4 is 5.32 Å². The molecule has 0 unspecified atom stereocenters. The number of rotatable bonds is 5. The summed E-state index contributed by atoms with van der Waals surface area (Å²) in [4.78, 5) is 18.0. The molecule has 21 heavy (non-hydrogen) atoms. The van der Waals surface area contributed by atoms with Crippen LogP contribution >= 0.6 is 0 Å². The van der Waals surface area contributed by atoms with Gasteiger partial charge in [-0.15, -0.1) is 0 Å². The highest BCUT2D eigenvalue weighted by Crippen LogP contribution is 2.09. The molecule has 0 radical (unpaired) electrons. The number of fused-ring (bicyclic) bond motifs is 1. The molecule has 6 heteroatoms.